The molecule has 0 bridgehead atoms. The van der Waals surface area contributed by atoms with E-state index in [0.717, 1.165) is 25.4 Å². The van der Waals surface area contributed by atoms with Crippen LogP contribution < -0.4 is 11.1 Å². The molecule has 0 radical (unpaired) electrons. The molecule has 0 spiro atoms. The highest BCUT2D eigenvalue weighted by Crippen LogP contribution is 2.17. The van der Waals surface area contributed by atoms with Gasteiger partial charge in [-0.15, -0.1) is 11.8 Å². The molecule has 2 heterocycles. The Hall–Kier alpha value is -0.780. The van der Waals surface area contributed by atoms with Crippen LogP contribution in [0.2, 0.25) is 0 Å². The molecule has 2 rings (SSSR count). The molecule has 1 saturated heterocycles. The van der Waals surface area contributed by atoms with Crippen LogP contribution in [-0.4, -0.2) is 48.4 Å². The number of aromatic nitrogens is 1. The largest absolute Gasteiger partial charge is 0.384 e. The summed E-state index contributed by atoms with van der Waals surface area (Å²) in [5, 5.41) is 3.36. The molecule has 0 aliphatic carbocycles. The molecule has 1 aromatic rings. The number of anilines is 1. The van der Waals surface area contributed by atoms with Crippen LogP contribution in [0.25, 0.3) is 0 Å². The Morgan fingerprint density at radius 3 is 2.88 bits per heavy atom. The van der Waals surface area contributed by atoms with E-state index < -0.39 is 0 Å². The summed E-state index contributed by atoms with van der Waals surface area (Å²) in [6.07, 6.45) is 1.84. The summed E-state index contributed by atoms with van der Waals surface area (Å²) in [4.78, 5) is 7.77. The van der Waals surface area contributed by atoms with E-state index in [1.807, 2.05) is 30.1 Å². The Labute approximate surface area is 101 Å². The van der Waals surface area contributed by atoms with Crippen molar-refractivity contribution in [2.75, 3.05) is 44.2 Å². The molecule has 16 heavy (non-hydrogen) atoms. The number of nitrogens with one attached hydrogen (secondary N) is 1. The van der Waals surface area contributed by atoms with Crippen molar-refractivity contribution < 1.29 is 0 Å². The van der Waals surface area contributed by atoms with Crippen molar-refractivity contribution in [3.8, 4) is 0 Å². The fourth-order valence-electron chi connectivity index (χ4n) is 1.70. The van der Waals surface area contributed by atoms with Gasteiger partial charge in [0.1, 0.15) is 5.82 Å². The molecular weight excluding hydrogens is 220 g/mol. The van der Waals surface area contributed by atoms with Gasteiger partial charge in [-0.05, 0) is 12.1 Å². The van der Waals surface area contributed by atoms with Crippen LogP contribution in [0.3, 0.4) is 0 Å². The molecule has 0 atom stereocenters. The van der Waals surface area contributed by atoms with Crippen molar-refractivity contribution in [3.05, 3.63) is 18.3 Å². The maximum Gasteiger partial charge on any atom is 0.123 e. The minimum Gasteiger partial charge on any atom is -0.384 e. The molecule has 0 aromatic carbocycles. The van der Waals surface area contributed by atoms with Gasteiger partial charge in [0.05, 0.1) is 0 Å². The summed E-state index contributed by atoms with van der Waals surface area (Å²) in [6.45, 7) is 5.72. The fourth-order valence-corrected chi connectivity index (χ4v) is 2.58. The lowest BCUT2D eigenvalue weighted by Crippen LogP contribution is -2.44. The third-order valence-electron chi connectivity index (χ3n) is 2.65. The monoisotopic (exact) mass is 238 g/mol. The zero-order valence-corrected chi connectivity index (χ0v) is 10.2. The summed E-state index contributed by atoms with van der Waals surface area (Å²) in [5.74, 6) is 1.71. The number of hydrogen-bond donors (Lipinski definition) is 2. The fraction of sp³-hybridized carbons (Fsp3) is 0.545. The average molecular weight is 238 g/mol. The van der Waals surface area contributed by atoms with E-state index in [9.17, 15) is 0 Å². The lowest BCUT2D eigenvalue weighted by atomic mass is 10.4. The third-order valence-corrected chi connectivity index (χ3v) is 3.61. The van der Waals surface area contributed by atoms with Gasteiger partial charge >= 0.3 is 0 Å². The predicted octanol–water partition coefficient (Wildman–Crippen LogP) is 0.661. The Balaban J connectivity index is 1.69. The van der Waals surface area contributed by atoms with Crippen LogP contribution in [0.1, 0.15) is 0 Å². The van der Waals surface area contributed by atoms with Gasteiger partial charge in [0.2, 0.25) is 0 Å². The first kappa shape index (κ1) is 11.7. The van der Waals surface area contributed by atoms with Crippen molar-refractivity contribution in [1.82, 2.24) is 15.2 Å². The number of thioether (sulfide) groups is 1. The number of nitrogens with zero attached hydrogens (tertiary/aromatic N) is 2. The van der Waals surface area contributed by atoms with Gasteiger partial charge in [0, 0.05) is 49.6 Å². The number of nitrogens with two attached hydrogens (primary N) is 1. The van der Waals surface area contributed by atoms with E-state index in [1.165, 1.54) is 18.0 Å². The molecule has 1 aliphatic rings. The molecule has 4 nitrogen and oxygen atoms in total. The predicted molar refractivity (Wildman–Crippen MR) is 68.7 cm³/mol. The minimum atomic E-state index is 0.589. The first-order chi connectivity index (χ1) is 7.84. The first-order valence-corrected chi connectivity index (χ1v) is 6.60. The second kappa shape index (κ2) is 6.08. The second-order valence-electron chi connectivity index (χ2n) is 3.86. The third kappa shape index (κ3) is 3.66. The molecule has 0 saturated carbocycles. The Kier molecular flexibility index (Phi) is 4.44. The van der Waals surface area contributed by atoms with Crippen LogP contribution in [0.15, 0.2) is 23.2 Å². The van der Waals surface area contributed by atoms with Gasteiger partial charge in [-0.3, -0.25) is 4.90 Å². The Morgan fingerprint density at radius 2 is 2.19 bits per heavy atom. The standard InChI is InChI=1S/C11H18N4S/c12-11-2-1-10(9-14-11)16-8-7-15-5-3-13-4-6-15/h1-2,9,13H,3-8H2,(H2,12,14). The molecule has 88 valence electrons. The van der Waals surface area contributed by atoms with Crippen LogP contribution in [-0.2, 0) is 0 Å². The number of hydrogen-bond acceptors (Lipinski definition) is 5. The highest BCUT2D eigenvalue weighted by atomic mass is 32.2. The smallest absolute Gasteiger partial charge is 0.123 e. The summed E-state index contributed by atoms with van der Waals surface area (Å²) >= 11 is 1.84. The van der Waals surface area contributed by atoms with Crippen molar-refractivity contribution in [3.63, 3.8) is 0 Å². The maximum atomic E-state index is 5.54. The molecule has 3 N–H and O–H groups in total. The molecule has 0 unspecified atom stereocenters. The summed E-state index contributed by atoms with van der Waals surface area (Å²) < 4.78 is 0. The van der Waals surface area contributed by atoms with Gasteiger partial charge in [-0.25, -0.2) is 4.98 Å². The van der Waals surface area contributed by atoms with Crippen LogP contribution in [0.5, 0.6) is 0 Å². The second-order valence-corrected chi connectivity index (χ2v) is 5.03. The van der Waals surface area contributed by atoms with Crippen molar-refractivity contribution in [1.29, 1.82) is 0 Å². The van der Waals surface area contributed by atoms with E-state index in [-0.39, 0.29) is 0 Å². The van der Waals surface area contributed by atoms with Crippen LogP contribution >= 0.6 is 11.8 Å². The van der Waals surface area contributed by atoms with E-state index >= 15 is 0 Å². The van der Waals surface area contributed by atoms with E-state index in [1.54, 1.807) is 0 Å². The van der Waals surface area contributed by atoms with Gasteiger partial charge in [0.15, 0.2) is 0 Å². The SMILES string of the molecule is Nc1ccc(SCCN2CCNCC2)cn1. The number of pyridine rings is 1. The summed E-state index contributed by atoms with van der Waals surface area (Å²) in [7, 11) is 0. The van der Waals surface area contributed by atoms with Crippen molar-refractivity contribution in [2.45, 2.75) is 4.90 Å². The van der Waals surface area contributed by atoms with E-state index in [0.29, 0.717) is 5.82 Å². The Morgan fingerprint density at radius 1 is 1.38 bits per heavy atom. The topological polar surface area (TPSA) is 54.2 Å². The van der Waals surface area contributed by atoms with E-state index in [4.69, 9.17) is 5.73 Å². The molecule has 0 amide bonds. The van der Waals surface area contributed by atoms with Gasteiger partial charge in [0.25, 0.3) is 0 Å². The normalized spacial score (nSPS) is 17.5. The van der Waals surface area contributed by atoms with Crippen LogP contribution in [0.4, 0.5) is 5.82 Å². The van der Waals surface area contributed by atoms with Crippen molar-refractivity contribution >= 4 is 17.6 Å². The highest BCUT2D eigenvalue weighted by Gasteiger charge is 2.08. The first-order valence-electron chi connectivity index (χ1n) is 5.62. The number of piperazine rings is 1. The van der Waals surface area contributed by atoms with Crippen molar-refractivity contribution in [2.24, 2.45) is 0 Å². The maximum absolute atomic E-state index is 5.54. The summed E-state index contributed by atoms with van der Waals surface area (Å²) in [5.41, 5.74) is 5.54. The minimum absolute atomic E-state index is 0.589. The van der Waals surface area contributed by atoms with E-state index in [2.05, 4.69) is 15.2 Å². The Bertz CT molecular complexity index is 308. The quantitative estimate of drug-likeness (QED) is 0.755. The van der Waals surface area contributed by atoms with Gasteiger partial charge in [-0.1, -0.05) is 0 Å². The molecule has 1 fully saturated rings. The van der Waals surface area contributed by atoms with Gasteiger partial charge < -0.3 is 11.1 Å². The zero-order chi connectivity index (χ0) is 11.2. The van der Waals surface area contributed by atoms with Crippen LogP contribution in [0, 0.1) is 0 Å². The lowest BCUT2D eigenvalue weighted by Gasteiger charge is -2.26. The highest BCUT2D eigenvalue weighted by molar-refractivity contribution is 7.99. The molecule has 1 aromatic heterocycles. The van der Waals surface area contributed by atoms with Gasteiger partial charge in [-0.2, -0.15) is 0 Å². The zero-order valence-electron chi connectivity index (χ0n) is 9.35. The molecule has 1 aliphatic heterocycles. The molecular formula is C11H18N4S. The average Bonchev–Trinajstić information content (AvgIpc) is 2.33. The number of nitrogen functional groups attached to an aromatic ring is 1. The number of rotatable bonds is 4. The molecule has 5 heteroatoms. The lowest BCUT2D eigenvalue weighted by molar-refractivity contribution is 0.255. The summed E-state index contributed by atoms with van der Waals surface area (Å²) in [6, 6.07) is 3.89.